The standard InChI is InChI=1S/C26H25N3O3S/c1-17-8-12-20(16-18(17)2)27-25(31)22-6-4-5-7-23(22)28-26(33)29-24(30)15-11-19-9-13-21(32-3)14-10-19/h4-16H,1-3H3,(H,27,31)(H2,28,29,30,33). The van der Waals surface area contributed by atoms with Gasteiger partial charge in [-0.05, 0) is 85.2 Å². The van der Waals surface area contributed by atoms with Crippen molar-refractivity contribution in [2.75, 3.05) is 17.7 Å². The molecule has 0 saturated carbocycles. The molecule has 0 heterocycles. The summed E-state index contributed by atoms with van der Waals surface area (Å²) in [5.74, 6) is 0.0671. The summed E-state index contributed by atoms with van der Waals surface area (Å²) >= 11 is 5.26. The van der Waals surface area contributed by atoms with E-state index in [0.717, 1.165) is 22.4 Å². The molecule has 33 heavy (non-hydrogen) atoms. The summed E-state index contributed by atoms with van der Waals surface area (Å²) in [5.41, 5.74) is 4.68. The van der Waals surface area contributed by atoms with Gasteiger partial charge < -0.3 is 15.4 Å². The lowest BCUT2D eigenvalue weighted by atomic mass is 10.1. The lowest BCUT2D eigenvalue weighted by molar-refractivity contribution is -0.115. The van der Waals surface area contributed by atoms with Crippen molar-refractivity contribution in [3.05, 3.63) is 95.1 Å². The van der Waals surface area contributed by atoms with Crippen LogP contribution in [0.1, 0.15) is 27.0 Å². The zero-order valence-corrected chi connectivity index (χ0v) is 19.5. The number of amides is 2. The van der Waals surface area contributed by atoms with Gasteiger partial charge in [-0.3, -0.25) is 14.9 Å². The molecule has 2 amide bonds. The third-order valence-electron chi connectivity index (χ3n) is 4.96. The number of hydrogen-bond acceptors (Lipinski definition) is 4. The lowest BCUT2D eigenvalue weighted by Crippen LogP contribution is -2.33. The van der Waals surface area contributed by atoms with Crippen molar-refractivity contribution < 1.29 is 14.3 Å². The van der Waals surface area contributed by atoms with Gasteiger partial charge in [0.2, 0.25) is 5.91 Å². The normalized spacial score (nSPS) is 10.5. The summed E-state index contributed by atoms with van der Waals surface area (Å²) in [7, 11) is 1.59. The van der Waals surface area contributed by atoms with E-state index in [-0.39, 0.29) is 16.9 Å². The highest BCUT2D eigenvalue weighted by Crippen LogP contribution is 2.19. The molecule has 7 heteroatoms. The van der Waals surface area contributed by atoms with Crippen LogP contribution in [0.3, 0.4) is 0 Å². The summed E-state index contributed by atoms with van der Waals surface area (Å²) in [4.78, 5) is 25.1. The SMILES string of the molecule is COc1ccc(C=CC(=O)NC(=S)Nc2ccccc2C(=O)Nc2ccc(C)c(C)c2)cc1. The van der Waals surface area contributed by atoms with E-state index in [2.05, 4.69) is 16.0 Å². The summed E-state index contributed by atoms with van der Waals surface area (Å²) in [6.45, 7) is 4.01. The Morgan fingerprint density at radius 1 is 0.909 bits per heavy atom. The van der Waals surface area contributed by atoms with E-state index in [1.165, 1.54) is 6.08 Å². The molecule has 0 unspecified atom stereocenters. The molecule has 3 rings (SSSR count). The summed E-state index contributed by atoms with van der Waals surface area (Å²) in [5, 5.41) is 8.51. The zero-order valence-electron chi connectivity index (χ0n) is 18.6. The number of carbonyl (C=O) groups is 2. The largest absolute Gasteiger partial charge is 0.497 e. The number of methoxy groups -OCH3 is 1. The van der Waals surface area contributed by atoms with E-state index >= 15 is 0 Å². The first-order valence-electron chi connectivity index (χ1n) is 10.3. The first-order chi connectivity index (χ1) is 15.9. The van der Waals surface area contributed by atoms with Crippen LogP contribution in [0.4, 0.5) is 11.4 Å². The highest BCUT2D eigenvalue weighted by molar-refractivity contribution is 7.80. The molecular weight excluding hydrogens is 434 g/mol. The van der Waals surface area contributed by atoms with Crippen LogP contribution in [-0.4, -0.2) is 24.0 Å². The molecule has 0 saturated heterocycles. The van der Waals surface area contributed by atoms with Crippen LogP contribution in [-0.2, 0) is 4.79 Å². The number of para-hydroxylation sites is 1. The second kappa shape index (κ2) is 11.1. The third-order valence-corrected chi connectivity index (χ3v) is 5.17. The van der Waals surface area contributed by atoms with Crippen molar-refractivity contribution in [3.8, 4) is 5.75 Å². The van der Waals surface area contributed by atoms with Crippen LogP contribution in [0.25, 0.3) is 6.08 Å². The van der Waals surface area contributed by atoms with Gasteiger partial charge in [-0.15, -0.1) is 0 Å². The van der Waals surface area contributed by atoms with Gasteiger partial charge in [-0.1, -0.05) is 30.3 Å². The minimum atomic E-state index is -0.389. The molecule has 3 aromatic rings. The second-order valence-corrected chi connectivity index (χ2v) is 7.76. The van der Waals surface area contributed by atoms with Crippen LogP contribution in [0.5, 0.6) is 5.75 Å². The molecule has 0 fully saturated rings. The Bertz CT molecular complexity index is 1200. The number of rotatable bonds is 6. The van der Waals surface area contributed by atoms with Gasteiger partial charge in [0.05, 0.1) is 18.4 Å². The van der Waals surface area contributed by atoms with Crippen LogP contribution in [0.2, 0.25) is 0 Å². The number of nitrogens with one attached hydrogen (secondary N) is 3. The molecule has 0 aliphatic rings. The van der Waals surface area contributed by atoms with Gasteiger partial charge in [0, 0.05) is 11.8 Å². The molecule has 3 aromatic carbocycles. The Hall–Kier alpha value is -3.97. The topological polar surface area (TPSA) is 79.5 Å². The fraction of sp³-hybridized carbons (Fsp3) is 0.115. The van der Waals surface area contributed by atoms with Crippen molar-refractivity contribution in [2.24, 2.45) is 0 Å². The molecule has 0 atom stereocenters. The maximum absolute atomic E-state index is 12.8. The maximum Gasteiger partial charge on any atom is 0.257 e. The molecule has 0 radical (unpaired) electrons. The molecule has 6 nitrogen and oxygen atoms in total. The fourth-order valence-electron chi connectivity index (χ4n) is 3.00. The lowest BCUT2D eigenvalue weighted by Gasteiger charge is -2.13. The van der Waals surface area contributed by atoms with Crippen molar-refractivity contribution in [3.63, 3.8) is 0 Å². The fourth-order valence-corrected chi connectivity index (χ4v) is 3.21. The van der Waals surface area contributed by atoms with Crippen molar-refractivity contribution in [2.45, 2.75) is 13.8 Å². The van der Waals surface area contributed by atoms with Gasteiger partial charge in [-0.25, -0.2) is 0 Å². The highest BCUT2D eigenvalue weighted by atomic mass is 32.1. The van der Waals surface area contributed by atoms with Crippen LogP contribution in [0.15, 0.2) is 72.8 Å². The summed E-state index contributed by atoms with van der Waals surface area (Å²) in [6, 6.07) is 20.0. The molecule has 0 spiro atoms. The van der Waals surface area contributed by atoms with Crippen molar-refractivity contribution >= 4 is 46.6 Å². The quantitative estimate of drug-likeness (QED) is 0.353. The van der Waals surface area contributed by atoms with Gasteiger partial charge in [0.15, 0.2) is 5.11 Å². The summed E-state index contributed by atoms with van der Waals surface area (Å²) < 4.78 is 5.12. The minimum Gasteiger partial charge on any atom is -0.497 e. The maximum atomic E-state index is 12.8. The number of hydrogen-bond donors (Lipinski definition) is 3. The van der Waals surface area contributed by atoms with Gasteiger partial charge in [-0.2, -0.15) is 0 Å². The Labute approximate surface area is 198 Å². The minimum absolute atomic E-state index is 0.0887. The van der Waals surface area contributed by atoms with Crippen LogP contribution in [0, 0.1) is 13.8 Å². The average Bonchev–Trinajstić information content (AvgIpc) is 2.80. The van der Waals surface area contributed by atoms with Gasteiger partial charge in [0.1, 0.15) is 5.75 Å². The van der Waals surface area contributed by atoms with E-state index in [0.29, 0.717) is 16.9 Å². The Morgan fingerprint density at radius 2 is 1.64 bits per heavy atom. The Kier molecular flexibility index (Phi) is 7.94. The highest BCUT2D eigenvalue weighted by Gasteiger charge is 2.13. The monoisotopic (exact) mass is 459 g/mol. The molecule has 0 aliphatic heterocycles. The molecular formula is C26H25N3O3S. The molecule has 0 bridgehead atoms. The number of carbonyl (C=O) groups excluding carboxylic acids is 2. The van der Waals surface area contributed by atoms with E-state index in [9.17, 15) is 9.59 Å². The zero-order chi connectivity index (χ0) is 23.8. The van der Waals surface area contributed by atoms with E-state index in [1.54, 1.807) is 37.5 Å². The number of benzene rings is 3. The van der Waals surface area contributed by atoms with Gasteiger partial charge in [0.25, 0.3) is 5.91 Å². The number of thiocarbonyl (C=S) groups is 1. The number of anilines is 2. The van der Waals surface area contributed by atoms with E-state index in [1.807, 2.05) is 56.3 Å². The first-order valence-corrected chi connectivity index (χ1v) is 10.7. The number of ether oxygens (including phenoxy) is 1. The Morgan fingerprint density at radius 3 is 2.33 bits per heavy atom. The molecule has 168 valence electrons. The van der Waals surface area contributed by atoms with Crippen molar-refractivity contribution in [1.29, 1.82) is 0 Å². The molecule has 0 aromatic heterocycles. The summed E-state index contributed by atoms with van der Waals surface area (Å²) in [6.07, 6.45) is 3.05. The van der Waals surface area contributed by atoms with Crippen molar-refractivity contribution in [1.82, 2.24) is 5.32 Å². The smallest absolute Gasteiger partial charge is 0.257 e. The predicted molar refractivity (Wildman–Crippen MR) is 137 cm³/mol. The van der Waals surface area contributed by atoms with E-state index in [4.69, 9.17) is 17.0 Å². The Balaban J connectivity index is 1.62. The predicted octanol–water partition coefficient (Wildman–Crippen LogP) is 5.09. The molecule has 3 N–H and O–H groups in total. The van der Waals surface area contributed by atoms with E-state index < -0.39 is 0 Å². The number of aryl methyl sites for hydroxylation is 2. The second-order valence-electron chi connectivity index (χ2n) is 7.35. The van der Waals surface area contributed by atoms with Gasteiger partial charge >= 0.3 is 0 Å². The first kappa shape index (κ1) is 23.7. The van der Waals surface area contributed by atoms with Crippen LogP contribution < -0.4 is 20.7 Å². The third kappa shape index (κ3) is 6.75. The molecule has 0 aliphatic carbocycles. The average molecular weight is 460 g/mol. The van der Waals surface area contributed by atoms with Crippen LogP contribution >= 0.6 is 12.2 Å².